The number of esters is 2. The lowest BCUT2D eigenvalue weighted by atomic mass is 10.1. The largest absolute Gasteiger partial charge is 0.480 e. The van der Waals surface area contributed by atoms with Crippen LogP contribution in [0.3, 0.4) is 0 Å². The summed E-state index contributed by atoms with van der Waals surface area (Å²) in [5, 5.41) is 8.89. The fourth-order valence-corrected chi connectivity index (χ4v) is 6.21. The number of ether oxygens (including phenoxy) is 2. The average Bonchev–Trinajstić information content (AvgIpc) is 3.20. The number of aliphatic carboxylic acids is 1. The predicted octanol–water partition coefficient (Wildman–Crippen LogP) is 11.7. The van der Waals surface area contributed by atoms with E-state index in [1.807, 2.05) is 0 Å². The molecule has 3 atom stereocenters. The molecule has 0 fully saturated rings. The molecule has 0 aliphatic carbocycles. The van der Waals surface area contributed by atoms with Crippen LogP contribution in [-0.4, -0.2) is 59.9 Å². The van der Waals surface area contributed by atoms with Crippen LogP contribution in [0, 0.1) is 0 Å². The number of allylic oxidation sites excluding steroid dienone is 12. The highest BCUT2D eigenvalue weighted by Gasteiger charge is 2.28. The average molecular weight is 836 g/mol. The molecule has 0 heterocycles. The van der Waals surface area contributed by atoms with Crippen molar-refractivity contribution < 1.29 is 47.5 Å². The third kappa shape index (κ3) is 39.7. The van der Waals surface area contributed by atoms with Crippen LogP contribution in [0.4, 0.5) is 0 Å². The number of hydrogen-bond acceptors (Lipinski definition) is 9. The highest BCUT2D eigenvalue weighted by Crippen LogP contribution is 2.43. The Kier molecular flexibility index (Phi) is 38.5. The van der Waals surface area contributed by atoms with Crippen molar-refractivity contribution in [2.75, 3.05) is 19.8 Å². The van der Waals surface area contributed by atoms with Gasteiger partial charge in [0.05, 0.1) is 13.2 Å². The number of unbranched alkanes of at least 4 members (excludes halogenated alkanes) is 14. The van der Waals surface area contributed by atoms with Crippen molar-refractivity contribution >= 4 is 25.7 Å². The maximum Gasteiger partial charge on any atom is 0.472 e. The lowest BCUT2D eigenvalue weighted by Gasteiger charge is -2.20. The van der Waals surface area contributed by atoms with Gasteiger partial charge in [-0.25, -0.2) is 4.57 Å². The molecule has 11 nitrogen and oxygen atoms in total. The Morgan fingerprint density at radius 3 is 1.43 bits per heavy atom. The second kappa shape index (κ2) is 40.7. The number of nitrogens with two attached hydrogens (primary N) is 1. The van der Waals surface area contributed by atoms with E-state index in [0.717, 1.165) is 64.2 Å². The molecule has 4 N–H and O–H groups in total. The first kappa shape index (κ1) is 54.9. The third-order valence-electron chi connectivity index (χ3n) is 8.93. The molecule has 0 spiro atoms. The molecule has 0 saturated heterocycles. The molecule has 0 aromatic heterocycles. The summed E-state index contributed by atoms with van der Waals surface area (Å²) < 4.78 is 32.6. The van der Waals surface area contributed by atoms with E-state index in [-0.39, 0.29) is 19.4 Å². The van der Waals surface area contributed by atoms with Gasteiger partial charge in [-0.1, -0.05) is 138 Å². The number of rotatable bonds is 40. The molecule has 0 amide bonds. The lowest BCUT2D eigenvalue weighted by molar-refractivity contribution is -0.161. The van der Waals surface area contributed by atoms with E-state index in [9.17, 15) is 23.8 Å². The van der Waals surface area contributed by atoms with Crippen LogP contribution in [0.15, 0.2) is 72.9 Å². The number of carbonyl (C=O) groups excluding carboxylic acids is 2. The molecular formula is C46H78NO10P. The number of carboxylic acids is 1. The summed E-state index contributed by atoms with van der Waals surface area (Å²) in [6, 6.07) is -1.53. The molecule has 0 aromatic rings. The van der Waals surface area contributed by atoms with Crippen LogP contribution >= 0.6 is 7.82 Å². The zero-order valence-electron chi connectivity index (χ0n) is 35.9. The summed E-state index contributed by atoms with van der Waals surface area (Å²) in [6.07, 6.45) is 48.3. The zero-order chi connectivity index (χ0) is 42.8. The van der Waals surface area contributed by atoms with E-state index >= 15 is 0 Å². The van der Waals surface area contributed by atoms with Crippen LogP contribution in [0.2, 0.25) is 0 Å². The summed E-state index contributed by atoms with van der Waals surface area (Å²) in [5.41, 5.74) is 5.33. The van der Waals surface area contributed by atoms with Gasteiger partial charge in [0.1, 0.15) is 12.6 Å². The third-order valence-corrected chi connectivity index (χ3v) is 9.88. The minimum absolute atomic E-state index is 0.108. The summed E-state index contributed by atoms with van der Waals surface area (Å²) in [5.74, 6) is -2.47. The Balaban J connectivity index is 4.48. The topological polar surface area (TPSA) is 172 Å². The summed E-state index contributed by atoms with van der Waals surface area (Å²) in [6.45, 7) is 2.69. The Labute approximate surface area is 350 Å². The lowest BCUT2D eigenvalue weighted by Crippen LogP contribution is -2.34. The van der Waals surface area contributed by atoms with Gasteiger partial charge in [0.25, 0.3) is 0 Å². The molecule has 58 heavy (non-hydrogen) atoms. The first-order valence-corrected chi connectivity index (χ1v) is 23.5. The summed E-state index contributed by atoms with van der Waals surface area (Å²) in [7, 11) is -4.74. The molecule has 0 aliphatic rings. The first-order chi connectivity index (χ1) is 28.1. The monoisotopic (exact) mass is 836 g/mol. The van der Waals surface area contributed by atoms with Crippen LogP contribution in [0.25, 0.3) is 0 Å². The van der Waals surface area contributed by atoms with Crippen LogP contribution in [-0.2, 0) is 37.5 Å². The van der Waals surface area contributed by atoms with Crippen LogP contribution in [0.5, 0.6) is 0 Å². The van der Waals surface area contributed by atoms with Gasteiger partial charge in [0.2, 0.25) is 0 Å². The first-order valence-electron chi connectivity index (χ1n) is 22.0. The Morgan fingerprint density at radius 1 is 0.534 bits per heavy atom. The number of hydrogen-bond donors (Lipinski definition) is 3. The number of carboxylic acid groups (broad SMARTS) is 1. The quantitative estimate of drug-likeness (QED) is 0.0232. The van der Waals surface area contributed by atoms with Crippen molar-refractivity contribution in [2.45, 2.75) is 180 Å². The van der Waals surface area contributed by atoms with E-state index in [1.165, 1.54) is 64.2 Å². The van der Waals surface area contributed by atoms with Gasteiger partial charge in [-0.15, -0.1) is 0 Å². The van der Waals surface area contributed by atoms with E-state index in [1.54, 1.807) is 0 Å². The van der Waals surface area contributed by atoms with Crippen molar-refractivity contribution in [3.63, 3.8) is 0 Å². The maximum atomic E-state index is 12.6. The van der Waals surface area contributed by atoms with Crippen molar-refractivity contribution in [3.8, 4) is 0 Å². The fraction of sp³-hybridized carbons (Fsp3) is 0.674. The Hall–Kier alpha value is -3.08. The van der Waals surface area contributed by atoms with Gasteiger partial charge in [-0.3, -0.25) is 23.4 Å². The van der Waals surface area contributed by atoms with Gasteiger partial charge in [-0.05, 0) is 89.9 Å². The summed E-state index contributed by atoms with van der Waals surface area (Å²) >= 11 is 0. The zero-order valence-corrected chi connectivity index (χ0v) is 36.8. The fourth-order valence-electron chi connectivity index (χ4n) is 5.43. The van der Waals surface area contributed by atoms with Gasteiger partial charge >= 0.3 is 25.7 Å². The van der Waals surface area contributed by atoms with Crippen molar-refractivity contribution in [3.05, 3.63) is 72.9 Å². The molecule has 12 heteroatoms. The second-order valence-corrected chi connectivity index (χ2v) is 15.9. The molecule has 0 saturated carbocycles. The molecule has 332 valence electrons. The molecule has 0 radical (unpaired) electrons. The Morgan fingerprint density at radius 2 is 0.914 bits per heavy atom. The van der Waals surface area contributed by atoms with Gasteiger partial charge in [-0.2, -0.15) is 0 Å². The predicted molar refractivity (Wildman–Crippen MR) is 235 cm³/mol. The van der Waals surface area contributed by atoms with Crippen molar-refractivity contribution in [1.29, 1.82) is 0 Å². The van der Waals surface area contributed by atoms with Crippen LogP contribution < -0.4 is 5.73 Å². The normalized spacial score (nSPS) is 14.4. The van der Waals surface area contributed by atoms with Gasteiger partial charge in [0.15, 0.2) is 6.10 Å². The molecule has 0 aliphatic heterocycles. The number of carbonyl (C=O) groups is 3. The van der Waals surface area contributed by atoms with E-state index in [0.29, 0.717) is 12.8 Å². The highest BCUT2D eigenvalue weighted by atomic mass is 31.2. The highest BCUT2D eigenvalue weighted by molar-refractivity contribution is 7.47. The second-order valence-electron chi connectivity index (χ2n) is 14.5. The van der Waals surface area contributed by atoms with Gasteiger partial charge < -0.3 is 25.2 Å². The molecule has 1 unspecified atom stereocenters. The number of phosphoric acid groups is 1. The number of phosphoric ester groups is 1. The smallest absolute Gasteiger partial charge is 0.472 e. The summed E-state index contributed by atoms with van der Waals surface area (Å²) in [4.78, 5) is 45.9. The van der Waals surface area contributed by atoms with E-state index in [2.05, 4.69) is 91.3 Å². The standard InChI is InChI=1S/C46H78NO10P/c1-3-5-7-9-11-13-15-17-19-20-21-22-24-25-27-29-31-33-35-37-44(48)54-39-42(40-55-58(52,53)56-41-43(47)46(50)51)57-45(49)38-36-34-32-30-28-26-23-18-16-14-12-10-8-6-4-2/h11,13,17-19,21-23,25,27-28,30,42-43H,3-10,12,14-16,20,24,26,29,31-41,47H2,1-2H3,(H,50,51)(H,52,53)/b13-11+,19-17+,22-21+,23-18+,27-25+,30-28+/t42-,43+/m1/s1. The molecule has 0 aromatic carbocycles. The van der Waals surface area contributed by atoms with E-state index < -0.39 is 51.1 Å². The molecular weight excluding hydrogens is 757 g/mol. The van der Waals surface area contributed by atoms with E-state index in [4.69, 9.17) is 24.8 Å². The maximum absolute atomic E-state index is 12.6. The van der Waals surface area contributed by atoms with Crippen molar-refractivity contribution in [1.82, 2.24) is 0 Å². The molecule has 0 bridgehead atoms. The van der Waals surface area contributed by atoms with Crippen molar-refractivity contribution in [2.24, 2.45) is 5.73 Å². The molecule has 0 rings (SSSR count). The minimum Gasteiger partial charge on any atom is -0.480 e. The van der Waals surface area contributed by atoms with Crippen LogP contribution in [0.1, 0.15) is 168 Å². The minimum atomic E-state index is -4.74. The Bertz CT molecular complexity index is 1260. The SMILES string of the molecule is CCCCC/C=C/C/C=C/C/C=C/C/C=C/CCCCCC(=O)OC[C@H](COP(=O)(O)OC[C@H](N)C(=O)O)OC(=O)CCCC/C=C/C/C=C/CCCCCCCC. The van der Waals surface area contributed by atoms with Gasteiger partial charge in [0, 0.05) is 12.8 Å².